The van der Waals surface area contributed by atoms with E-state index in [1.807, 2.05) is 29.8 Å². The summed E-state index contributed by atoms with van der Waals surface area (Å²) in [4.78, 5) is 14.2. The Morgan fingerprint density at radius 2 is 2.13 bits per heavy atom. The lowest BCUT2D eigenvalue weighted by Gasteiger charge is -2.22. The number of nitrogens with zero attached hydrogens (tertiary/aromatic N) is 4. The van der Waals surface area contributed by atoms with Gasteiger partial charge in [-0.2, -0.15) is 0 Å². The van der Waals surface area contributed by atoms with Crippen molar-refractivity contribution in [3.8, 4) is 11.6 Å². The number of ether oxygens (including phenoxy) is 1. The van der Waals surface area contributed by atoms with E-state index < -0.39 is 0 Å². The lowest BCUT2D eigenvalue weighted by atomic mass is 10.2. The van der Waals surface area contributed by atoms with Gasteiger partial charge in [0, 0.05) is 11.6 Å². The second kappa shape index (κ2) is 7.18. The molecular formula is C21H18FN5O3. The lowest BCUT2D eigenvalue weighted by molar-refractivity contribution is 0.103. The minimum Gasteiger partial charge on any atom is -0.479 e. The first-order valence-electron chi connectivity index (χ1n) is 9.32. The van der Waals surface area contributed by atoms with Crippen LogP contribution >= 0.6 is 0 Å². The molecule has 1 N–H and O–H groups in total. The van der Waals surface area contributed by atoms with Gasteiger partial charge in [-0.25, -0.2) is 14.4 Å². The van der Waals surface area contributed by atoms with Crippen LogP contribution < -0.4 is 10.1 Å². The van der Waals surface area contributed by atoms with Gasteiger partial charge >= 0.3 is 0 Å². The van der Waals surface area contributed by atoms with E-state index in [-0.39, 0.29) is 18.5 Å². The van der Waals surface area contributed by atoms with Gasteiger partial charge in [0.05, 0.1) is 19.1 Å². The molecule has 1 aliphatic heterocycles. The number of methoxy groups -OCH3 is 1. The van der Waals surface area contributed by atoms with E-state index in [0.29, 0.717) is 34.1 Å². The molecule has 0 fully saturated rings. The summed E-state index contributed by atoms with van der Waals surface area (Å²) in [5.41, 5.74) is 2.81. The van der Waals surface area contributed by atoms with Crippen molar-refractivity contribution in [2.45, 2.75) is 13.0 Å². The minimum atomic E-state index is -0.311. The van der Waals surface area contributed by atoms with Crippen molar-refractivity contribution in [3.05, 3.63) is 71.9 Å². The predicted molar refractivity (Wildman–Crippen MR) is 107 cm³/mol. The highest BCUT2D eigenvalue weighted by molar-refractivity contribution is 5.97. The number of imidazole rings is 1. The van der Waals surface area contributed by atoms with Gasteiger partial charge in [0.1, 0.15) is 41.2 Å². The molecule has 3 aromatic heterocycles. The maximum Gasteiger partial charge on any atom is 0.238 e. The molecule has 4 aromatic rings. The van der Waals surface area contributed by atoms with Crippen LogP contribution in [0.25, 0.3) is 16.7 Å². The Labute approximate surface area is 170 Å². The monoisotopic (exact) mass is 407 g/mol. The van der Waals surface area contributed by atoms with E-state index in [2.05, 4.69) is 20.4 Å². The summed E-state index contributed by atoms with van der Waals surface area (Å²) in [6, 6.07) is 9.60. The molecule has 0 amide bonds. The molecule has 4 heterocycles. The summed E-state index contributed by atoms with van der Waals surface area (Å²) < 4.78 is 26.6. The van der Waals surface area contributed by atoms with Gasteiger partial charge in [-0.3, -0.25) is 0 Å². The maximum atomic E-state index is 13.5. The Balaban J connectivity index is 1.43. The number of fused-ring (bicyclic) bond motifs is 1. The fourth-order valence-corrected chi connectivity index (χ4v) is 3.35. The largest absolute Gasteiger partial charge is 0.479 e. The molecule has 5 rings (SSSR count). The summed E-state index contributed by atoms with van der Waals surface area (Å²) in [6.45, 7) is 2.19. The molecule has 0 aliphatic carbocycles. The number of furan rings is 1. The van der Waals surface area contributed by atoms with E-state index in [1.54, 1.807) is 25.6 Å². The smallest absolute Gasteiger partial charge is 0.238 e. The molecule has 30 heavy (non-hydrogen) atoms. The van der Waals surface area contributed by atoms with Gasteiger partial charge in [0.25, 0.3) is 0 Å². The molecular weight excluding hydrogens is 389 g/mol. The van der Waals surface area contributed by atoms with Crippen LogP contribution in [0.4, 0.5) is 4.39 Å². The third-order valence-electron chi connectivity index (χ3n) is 4.81. The third-order valence-corrected chi connectivity index (χ3v) is 4.81. The van der Waals surface area contributed by atoms with E-state index in [4.69, 9.17) is 14.0 Å². The molecule has 1 unspecified atom stereocenters. The van der Waals surface area contributed by atoms with Gasteiger partial charge in [-0.1, -0.05) is 5.16 Å². The van der Waals surface area contributed by atoms with Crippen LogP contribution in [0.2, 0.25) is 0 Å². The van der Waals surface area contributed by atoms with Crippen molar-refractivity contribution in [3.63, 3.8) is 0 Å². The van der Waals surface area contributed by atoms with Crippen molar-refractivity contribution in [1.82, 2.24) is 19.9 Å². The zero-order valence-electron chi connectivity index (χ0n) is 16.3. The Morgan fingerprint density at radius 3 is 2.93 bits per heavy atom. The third kappa shape index (κ3) is 3.24. The highest BCUT2D eigenvalue weighted by Crippen LogP contribution is 2.27. The van der Waals surface area contributed by atoms with Crippen LogP contribution in [0, 0.1) is 12.7 Å². The summed E-state index contributed by atoms with van der Waals surface area (Å²) in [5, 5.41) is 8.06. The topological polar surface area (TPSA) is 86.7 Å². The number of aryl methyl sites for hydroxylation is 1. The number of hydrogen-bond donors (Lipinski definition) is 1. The molecule has 8 nitrogen and oxygen atoms in total. The summed E-state index contributed by atoms with van der Waals surface area (Å²) in [5.74, 6) is 1.19. The normalized spacial score (nSPS) is 16.1. The van der Waals surface area contributed by atoms with E-state index >= 15 is 0 Å². The van der Waals surface area contributed by atoms with Gasteiger partial charge in [0.15, 0.2) is 5.84 Å². The van der Waals surface area contributed by atoms with Crippen molar-refractivity contribution in [2.75, 3.05) is 13.7 Å². The fraction of sp³-hybridized carbons (Fsp3) is 0.190. The Morgan fingerprint density at radius 1 is 1.23 bits per heavy atom. The molecule has 1 aliphatic rings. The molecule has 1 aromatic carbocycles. The van der Waals surface area contributed by atoms with E-state index in [0.717, 1.165) is 11.4 Å². The van der Waals surface area contributed by atoms with Crippen molar-refractivity contribution in [1.29, 1.82) is 0 Å². The average molecular weight is 407 g/mol. The standard InChI is InChI=1S/C21H18FN5O3/c1-12-9-27(11-23-12)17-5-4-15(25-21(17)28-2)20-24-16(10-29-26-20)19-8-13-7-14(22)3-6-18(13)30-19/h3-9,11,16H,10H2,1-2H3,(H,24,26). The molecule has 0 bridgehead atoms. The number of halogens is 1. The highest BCUT2D eigenvalue weighted by atomic mass is 19.1. The number of nitrogens with one attached hydrogen (secondary N) is 1. The molecule has 152 valence electrons. The Hall–Kier alpha value is -3.88. The number of oxime groups is 1. The molecule has 0 radical (unpaired) electrons. The highest BCUT2D eigenvalue weighted by Gasteiger charge is 2.25. The van der Waals surface area contributed by atoms with Crippen LogP contribution in [0.3, 0.4) is 0 Å². The fourth-order valence-electron chi connectivity index (χ4n) is 3.35. The first kappa shape index (κ1) is 18.2. The number of hydrogen-bond acceptors (Lipinski definition) is 7. The zero-order valence-corrected chi connectivity index (χ0v) is 16.3. The number of rotatable bonds is 4. The lowest BCUT2D eigenvalue weighted by Crippen LogP contribution is -2.36. The first-order valence-corrected chi connectivity index (χ1v) is 9.32. The van der Waals surface area contributed by atoms with Gasteiger partial charge in [-0.15, -0.1) is 0 Å². The second-order valence-corrected chi connectivity index (χ2v) is 6.91. The summed E-state index contributed by atoms with van der Waals surface area (Å²) >= 11 is 0. The maximum absolute atomic E-state index is 13.5. The van der Waals surface area contributed by atoms with Crippen molar-refractivity contribution >= 4 is 16.8 Å². The average Bonchev–Trinajstić information content (AvgIpc) is 3.39. The minimum absolute atomic E-state index is 0.273. The number of pyridine rings is 1. The molecule has 0 saturated heterocycles. The summed E-state index contributed by atoms with van der Waals surface area (Å²) in [6.07, 6.45) is 3.59. The summed E-state index contributed by atoms with van der Waals surface area (Å²) in [7, 11) is 1.56. The first-order chi connectivity index (χ1) is 14.6. The van der Waals surface area contributed by atoms with Crippen molar-refractivity contribution in [2.24, 2.45) is 5.16 Å². The molecule has 0 spiro atoms. The second-order valence-electron chi connectivity index (χ2n) is 6.91. The van der Waals surface area contributed by atoms with Crippen LogP contribution in [0.15, 0.2) is 58.5 Å². The van der Waals surface area contributed by atoms with Gasteiger partial charge in [0.2, 0.25) is 5.88 Å². The van der Waals surface area contributed by atoms with Crippen LogP contribution in [0.1, 0.15) is 23.2 Å². The van der Waals surface area contributed by atoms with Gasteiger partial charge in [-0.05, 0) is 43.3 Å². The van der Waals surface area contributed by atoms with Crippen molar-refractivity contribution < 1.29 is 18.4 Å². The molecule has 0 saturated carbocycles. The Bertz CT molecular complexity index is 1260. The van der Waals surface area contributed by atoms with Crippen LogP contribution in [-0.2, 0) is 4.84 Å². The molecule has 9 heteroatoms. The number of benzene rings is 1. The van der Waals surface area contributed by atoms with Crippen LogP contribution in [0.5, 0.6) is 5.88 Å². The van der Waals surface area contributed by atoms with Gasteiger partial charge < -0.3 is 23.9 Å². The molecule has 1 atom stereocenters. The Kier molecular flexibility index (Phi) is 4.35. The predicted octanol–water partition coefficient (Wildman–Crippen LogP) is 3.49. The SMILES string of the molecule is COc1nc(C2=NOCC(c3cc4cc(F)ccc4o3)N2)ccc1-n1cnc(C)c1. The number of aromatic nitrogens is 3. The number of amidine groups is 1. The quantitative estimate of drug-likeness (QED) is 0.557. The zero-order chi connectivity index (χ0) is 20.7. The van der Waals surface area contributed by atoms with E-state index in [1.165, 1.54) is 12.1 Å². The van der Waals surface area contributed by atoms with Crippen LogP contribution in [-0.4, -0.2) is 34.1 Å². The van der Waals surface area contributed by atoms with E-state index in [9.17, 15) is 4.39 Å².